The highest BCUT2D eigenvalue weighted by Crippen LogP contribution is 2.26. The molecule has 2 heterocycles. The van der Waals surface area contributed by atoms with E-state index < -0.39 is 18.1 Å². The van der Waals surface area contributed by atoms with Crippen molar-refractivity contribution < 1.29 is 19.4 Å². The van der Waals surface area contributed by atoms with Crippen LogP contribution in [0.15, 0.2) is 35.3 Å². The number of hydrogen-bond acceptors (Lipinski definition) is 7. The molecule has 0 bridgehead atoms. The lowest BCUT2D eigenvalue weighted by Gasteiger charge is -2.22. The number of rotatable bonds is 10. The van der Waals surface area contributed by atoms with E-state index in [1.807, 2.05) is 24.3 Å². The van der Waals surface area contributed by atoms with Gasteiger partial charge in [0.15, 0.2) is 0 Å². The number of nitrogens with zero attached hydrogens (tertiary/aromatic N) is 2. The Morgan fingerprint density at radius 2 is 2.09 bits per heavy atom. The van der Waals surface area contributed by atoms with Crippen LogP contribution in [-0.2, 0) is 27.4 Å². The molecule has 2 atom stereocenters. The van der Waals surface area contributed by atoms with Crippen LogP contribution in [0.2, 0.25) is 0 Å². The van der Waals surface area contributed by atoms with Gasteiger partial charge in [-0.3, -0.25) is 14.9 Å². The standard InChI is InChI=1S/C26H34N4O5/c1-16-12-19(15-28-25(16)32)24-29-21-13-18(8-9-22(21)30(24)10-11-34-3)14-27-23(17(2)31)26(33)35-20-6-4-5-7-20/h8-9,12-13,15,17,20,23,27,31H,4-7,10-11,14H2,1-3H3,(H,28,32)/t17-,23?/m1/s1. The van der Waals surface area contributed by atoms with Gasteiger partial charge in [-0.15, -0.1) is 0 Å². The molecule has 1 aliphatic carbocycles. The van der Waals surface area contributed by atoms with Gasteiger partial charge in [0.25, 0.3) is 5.56 Å². The predicted octanol–water partition coefficient (Wildman–Crippen LogP) is 2.67. The maximum Gasteiger partial charge on any atom is 0.326 e. The summed E-state index contributed by atoms with van der Waals surface area (Å²) < 4.78 is 13.0. The molecule has 0 spiro atoms. The number of methoxy groups -OCH3 is 1. The lowest BCUT2D eigenvalue weighted by atomic mass is 10.1. The van der Waals surface area contributed by atoms with Crippen molar-refractivity contribution in [2.24, 2.45) is 0 Å². The average Bonchev–Trinajstić information content (AvgIpc) is 3.46. The van der Waals surface area contributed by atoms with E-state index in [0.717, 1.165) is 53.7 Å². The fraction of sp³-hybridized carbons (Fsp3) is 0.500. The van der Waals surface area contributed by atoms with E-state index in [4.69, 9.17) is 14.5 Å². The Morgan fingerprint density at radius 3 is 2.77 bits per heavy atom. The number of esters is 1. The molecular formula is C26H34N4O5. The number of hydrogen-bond donors (Lipinski definition) is 3. The normalized spacial score (nSPS) is 16.0. The topological polar surface area (TPSA) is 118 Å². The van der Waals surface area contributed by atoms with Crippen molar-refractivity contribution in [1.29, 1.82) is 0 Å². The Balaban J connectivity index is 1.56. The molecule has 35 heavy (non-hydrogen) atoms. The van der Waals surface area contributed by atoms with Gasteiger partial charge in [0.1, 0.15) is 18.0 Å². The van der Waals surface area contributed by atoms with Gasteiger partial charge in [-0.1, -0.05) is 6.07 Å². The van der Waals surface area contributed by atoms with Gasteiger partial charge in [-0.05, 0) is 63.3 Å². The highest BCUT2D eigenvalue weighted by Gasteiger charge is 2.28. The second kappa shape index (κ2) is 11.2. The second-order valence-electron chi connectivity index (χ2n) is 9.25. The number of aliphatic hydroxyl groups is 1. The van der Waals surface area contributed by atoms with Gasteiger partial charge in [0.05, 0.1) is 23.7 Å². The van der Waals surface area contributed by atoms with Crippen LogP contribution in [0.4, 0.5) is 0 Å². The molecule has 3 N–H and O–H groups in total. The Labute approximate surface area is 204 Å². The summed E-state index contributed by atoms with van der Waals surface area (Å²) >= 11 is 0. The Morgan fingerprint density at radius 1 is 1.31 bits per heavy atom. The average molecular weight is 483 g/mol. The van der Waals surface area contributed by atoms with Gasteiger partial charge >= 0.3 is 5.97 Å². The molecule has 0 saturated heterocycles. The molecule has 188 valence electrons. The van der Waals surface area contributed by atoms with Crippen LogP contribution >= 0.6 is 0 Å². The van der Waals surface area contributed by atoms with E-state index in [1.165, 1.54) is 0 Å². The SMILES string of the molecule is COCCn1c(-c2c[nH]c(=O)c(C)c2)nc2cc(CNC(C(=O)OC3CCCC3)[C@@H](C)O)ccc21. The minimum atomic E-state index is -0.879. The summed E-state index contributed by atoms with van der Waals surface area (Å²) in [5.41, 5.74) is 3.97. The number of carbonyl (C=O) groups is 1. The van der Waals surface area contributed by atoms with Crippen molar-refractivity contribution >= 4 is 17.0 Å². The number of aliphatic hydroxyl groups excluding tert-OH is 1. The number of imidazole rings is 1. The number of nitrogens with one attached hydrogen (secondary N) is 2. The maximum atomic E-state index is 12.6. The van der Waals surface area contributed by atoms with Crippen molar-refractivity contribution in [2.75, 3.05) is 13.7 Å². The number of pyridine rings is 1. The molecule has 1 unspecified atom stereocenters. The first-order valence-corrected chi connectivity index (χ1v) is 12.2. The monoisotopic (exact) mass is 482 g/mol. The molecule has 1 fully saturated rings. The summed E-state index contributed by atoms with van der Waals surface area (Å²) in [5.74, 6) is 0.330. The van der Waals surface area contributed by atoms with E-state index in [2.05, 4.69) is 14.9 Å². The first kappa shape index (κ1) is 25.1. The quantitative estimate of drug-likeness (QED) is 0.380. The van der Waals surface area contributed by atoms with Gasteiger partial charge in [-0.25, -0.2) is 4.98 Å². The number of aromatic nitrogens is 3. The zero-order valence-electron chi connectivity index (χ0n) is 20.5. The zero-order valence-corrected chi connectivity index (χ0v) is 20.5. The molecule has 0 aliphatic heterocycles. The first-order chi connectivity index (χ1) is 16.9. The van der Waals surface area contributed by atoms with Crippen molar-refractivity contribution in [3.8, 4) is 11.4 Å². The van der Waals surface area contributed by atoms with Crippen molar-refractivity contribution in [3.05, 3.63) is 51.9 Å². The van der Waals surface area contributed by atoms with Gasteiger partial charge in [0.2, 0.25) is 0 Å². The molecule has 9 heteroatoms. The summed E-state index contributed by atoms with van der Waals surface area (Å²) in [6.45, 7) is 4.86. The number of aromatic amines is 1. The minimum Gasteiger partial charge on any atom is -0.461 e. The van der Waals surface area contributed by atoms with Crippen LogP contribution in [0.25, 0.3) is 22.4 Å². The van der Waals surface area contributed by atoms with Crippen LogP contribution in [-0.4, -0.2) is 57.6 Å². The molecule has 1 aliphatic rings. The number of carbonyl (C=O) groups excluding carboxylic acids is 1. The number of aryl methyl sites for hydroxylation is 1. The van der Waals surface area contributed by atoms with Crippen LogP contribution in [0.5, 0.6) is 0 Å². The van der Waals surface area contributed by atoms with E-state index in [-0.39, 0.29) is 11.7 Å². The zero-order chi connectivity index (χ0) is 24.9. The first-order valence-electron chi connectivity index (χ1n) is 12.2. The van der Waals surface area contributed by atoms with Crippen LogP contribution < -0.4 is 10.9 Å². The van der Waals surface area contributed by atoms with E-state index >= 15 is 0 Å². The minimum absolute atomic E-state index is 0.0482. The lowest BCUT2D eigenvalue weighted by Crippen LogP contribution is -2.46. The van der Waals surface area contributed by atoms with Crippen LogP contribution in [0.1, 0.15) is 43.7 Å². The number of ether oxygens (including phenoxy) is 2. The molecule has 0 radical (unpaired) electrons. The largest absolute Gasteiger partial charge is 0.461 e. The van der Waals surface area contributed by atoms with E-state index in [1.54, 1.807) is 27.2 Å². The summed E-state index contributed by atoms with van der Waals surface area (Å²) in [6.07, 6.45) is 4.66. The molecule has 9 nitrogen and oxygen atoms in total. The van der Waals surface area contributed by atoms with Crippen molar-refractivity contribution in [2.45, 2.75) is 70.9 Å². The summed E-state index contributed by atoms with van der Waals surface area (Å²) in [5, 5.41) is 13.3. The molecule has 3 aromatic rings. The van der Waals surface area contributed by atoms with Crippen LogP contribution in [0.3, 0.4) is 0 Å². The van der Waals surface area contributed by atoms with Crippen LogP contribution in [0, 0.1) is 6.92 Å². The molecule has 2 aromatic heterocycles. The van der Waals surface area contributed by atoms with Gasteiger partial charge < -0.3 is 24.1 Å². The fourth-order valence-corrected chi connectivity index (χ4v) is 4.56. The lowest BCUT2D eigenvalue weighted by molar-refractivity contribution is -0.154. The highest BCUT2D eigenvalue weighted by molar-refractivity contribution is 5.81. The summed E-state index contributed by atoms with van der Waals surface area (Å²) in [6, 6.07) is 6.96. The number of H-pyrrole nitrogens is 1. The third kappa shape index (κ3) is 5.80. The molecule has 1 aromatic carbocycles. The summed E-state index contributed by atoms with van der Waals surface area (Å²) in [7, 11) is 1.66. The second-order valence-corrected chi connectivity index (χ2v) is 9.25. The summed E-state index contributed by atoms with van der Waals surface area (Å²) in [4.78, 5) is 32.1. The Hall–Kier alpha value is -3.01. The van der Waals surface area contributed by atoms with Gasteiger partial charge in [-0.2, -0.15) is 0 Å². The fourth-order valence-electron chi connectivity index (χ4n) is 4.56. The van der Waals surface area contributed by atoms with Gasteiger partial charge in [0, 0.05) is 37.5 Å². The molecule has 0 amide bonds. The number of benzene rings is 1. The third-order valence-electron chi connectivity index (χ3n) is 6.53. The Bertz CT molecular complexity index is 1230. The molecule has 4 rings (SSSR count). The maximum absolute atomic E-state index is 12.6. The van der Waals surface area contributed by atoms with Crippen molar-refractivity contribution in [1.82, 2.24) is 19.9 Å². The molecular weight excluding hydrogens is 448 g/mol. The van der Waals surface area contributed by atoms with Crippen molar-refractivity contribution in [3.63, 3.8) is 0 Å². The smallest absolute Gasteiger partial charge is 0.326 e. The van der Waals surface area contributed by atoms with E-state index in [0.29, 0.717) is 25.3 Å². The third-order valence-corrected chi connectivity index (χ3v) is 6.53. The highest BCUT2D eigenvalue weighted by atomic mass is 16.5. The molecule has 1 saturated carbocycles. The Kier molecular flexibility index (Phi) is 8.00. The van der Waals surface area contributed by atoms with E-state index in [9.17, 15) is 14.7 Å². The number of fused-ring (bicyclic) bond motifs is 1. The predicted molar refractivity (Wildman–Crippen MR) is 133 cm³/mol.